The minimum Gasteiger partial charge on any atom is -0.478 e. The third-order valence-corrected chi connectivity index (χ3v) is 2.93. The number of rotatable bonds is 2. The first-order valence-corrected chi connectivity index (χ1v) is 5.64. The zero-order valence-electron chi connectivity index (χ0n) is 7.35. The topological polar surface area (TPSA) is 63.1 Å². The van der Waals surface area contributed by atoms with Crippen molar-refractivity contribution >= 4 is 33.2 Å². The Bertz CT molecular complexity index is 499. The van der Waals surface area contributed by atoms with Crippen molar-refractivity contribution in [3.8, 4) is 10.7 Å². The summed E-state index contributed by atoms with van der Waals surface area (Å²) in [6.07, 6.45) is 3.18. The second kappa shape index (κ2) is 4.08. The van der Waals surface area contributed by atoms with E-state index < -0.39 is 5.97 Å². The minimum absolute atomic E-state index is 0.152. The van der Waals surface area contributed by atoms with Crippen LogP contribution < -0.4 is 0 Å². The standard InChI is InChI=1S/C9H5BrN2O2S/c10-5-3-6(9(13)14)7(12-4-5)8-11-1-2-15-8/h1-4H,(H,13,14). The van der Waals surface area contributed by atoms with Crippen molar-refractivity contribution in [3.05, 3.63) is 33.9 Å². The first-order valence-electron chi connectivity index (χ1n) is 3.97. The number of carbonyl (C=O) groups is 1. The van der Waals surface area contributed by atoms with Crippen LogP contribution in [0.15, 0.2) is 28.3 Å². The molecule has 0 radical (unpaired) electrons. The molecule has 2 aromatic heterocycles. The first-order chi connectivity index (χ1) is 7.18. The molecule has 0 amide bonds. The average Bonchev–Trinajstić information content (AvgIpc) is 2.70. The van der Waals surface area contributed by atoms with Gasteiger partial charge in [-0.3, -0.25) is 4.98 Å². The Kier molecular flexibility index (Phi) is 2.79. The number of pyridine rings is 1. The molecule has 0 saturated heterocycles. The molecule has 0 atom stereocenters. The molecule has 0 bridgehead atoms. The molecule has 0 saturated carbocycles. The number of thiazole rings is 1. The van der Waals surface area contributed by atoms with Gasteiger partial charge in [0.15, 0.2) is 0 Å². The predicted octanol–water partition coefficient (Wildman–Crippen LogP) is 2.67. The van der Waals surface area contributed by atoms with Crippen LogP contribution in [0.4, 0.5) is 0 Å². The number of aromatic carboxylic acids is 1. The fraction of sp³-hybridized carbons (Fsp3) is 0. The largest absolute Gasteiger partial charge is 0.478 e. The molecule has 76 valence electrons. The number of hydrogen-bond donors (Lipinski definition) is 1. The van der Waals surface area contributed by atoms with Gasteiger partial charge >= 0.3 is 5.97 Å². The van der Waals surface area contributed by atoms with Crippen LogP contribution in [0, 0.1) is 0 Å². The SMILES string of the molecule is O=C(O)c1cc(Br)cnc1-c1nccs1. The smallest absolute Gasteiger partial charge is 0.338 e. The third-order valence-electron chi connectivity index (χ3n) is 1.72. The van der Waals surface area contributed by atoms with E-state index in [0.717, 1.165) is 0 Å². The van der Waals surface area contributed by atoms with Gasteiger partial charge in [-0.25, -0.2) is 9.78 Å². The van der Waals surface area contributed by atoms with Crippen molar-refractivity contribution in [3.63, 3.8) is 0 Å². The lowest BCUT2D eigenvalue weighted by atomic mass is 10.2. The zero-order chi connectivity index (χ0) is 10.8. The van der Waals surface area contributed by atoms with Gasteiger partial charge in [0.25, 0.3) is 0 Å². The molecule has 15 heavy (non-hydrogen) atoms. The zero-order valence-corrected chi connectivity index (χ0v) is 9.75. The van der Waals surface area contributed by atoms with E-state index in [1.54, 1.807) is 17.8 Å². The molecule has 6 heteroatoms. The predicted molar refractivity (Wildman–Crippen MR) is 60.0 cm³/mol. The van der Waals surface area contributed by atoms with E-state index in [1.807, 2.05) is 0 Å². The highest BCUT2D eigenvalue weighted by atomic mass is 79.9. The van der Waals surface area contributed by atoms with Gasteiger partial charge in [0.1, 0.15) is 10.7 Å². The summed E-state index contributed by atoms with van der Waals surface area (Å²) in [6, 6.07) is 1.52. The maximum atomic E-state index is 11.0. The molecule has 4 nitrogen and oxygen atoms in total. The van der Waals surface area contributed by atoms with Crippen molar-refractivity contribution < 1.29 is 9.90 Å². The summed E-state index contributed by atoms with van der Waals surface area (Å²) in [5.41, 5.74) is 0.556. The number of aromatic nitrogens is 2. The summed E-state index contributed by atoms with van der Waals surface area (Å²) >= 11 is 4.55. The quantitative estimate of drug-likeness (QED) is 0.921. The highest BCUT2D eigenvalue weighted by molar-refractivity contribution is 9.10. The second-order valence-corrected chi connectivity index (χ2v) is 4.50. The molecule has 0 aliphatic rings. The van der Waals surface area contributed by atoms with Crippen LogP contribution in [0.5, 0.6) is 0 Å². The highest BCUT2D eigenvalue weighted by Gasteiger charge is 2.15. The van der Waals surface area contributed by atoms with Crippen LogP contribution >= 0.6 is 27.3 Å². The maximum absolute atomic E-state index is 11.0. The van der Waals surface area contributed by atoms with Gasteiger partial charge < -0.3 is 5.11 Å². The minimum atomic E-state index is -1.01. The second-order valence-electron chi connectivity index (χ2n) is 2.69. The van der Waals surface area contributed by atoms with Gasteiger partial charge in [-0.05, 0) is 22.0 Å². The Morgan fingerprint density at radius 3 is 2.87 bits per heavy atom. The Balaban J connectivity index is 2.61. The molecule has 2 heterocycles. The monoisotopic (exact) mass is 284 g/mol. The lowest BCUT2D eigenvalue weighted by Gasteiger charge is -2.01. The lowest BCUT2D eigenvalue weighted by molar-refractivity contribution is 0.0697. The number of carboxylic acid groups (broad SMARTS) is 1. The Labute approximate surface area is 97.8 Å². The number of carboxylic acids is 1. The van der Waals surface area contributed by atoms with Crippen molar-refractivity contribution in [2.45, 2.75) is 0 Å². The normalized spacial score (nSPS) is 10.2. The molecule has 0 aliphatic heterocycles. The summed E-state index contributed by atoms with van der Waals surface area (Å²) in [6.45, 7) is 0. The van der Waals surface area contributed by atoms with Crippen LogP contribution in [-0.2, 0) is 0 Å². The van der Waals surface area contributed by atoms with E-state index in [9.17, 15) is 4.79 Å². The van der Waals surface area contributed by atoms with Crippen molar-refractivity contribution in [2.75, 3.05) is 0 Å². The lowest BCUT2D eigenvalue weighted by Crippen LogP contribution is -2.01. The van der Waals surface area contributed by atoms with Crippen LogP contribution in [-0.4, -0.2) is 21.0 Å². The van der Waals surface area contributed by atoms with Crippen LogP contribution in [0.1, 0.15) is 10.4 Å². The molecule has 1 N–H and O–H groups in total. The Morgan fingerprint density at radius 1 is 1.47 bits per heavy atom. The summed E-state index contributed by atoms with van der Waals surface area (Å²) in [4.78, 5) is 19.1. The van der Waals surface area contributed by atoms with Gasteiger partial charge in [-0.2, -0.15) is 0 Å². The molecule has 2 aromatic rings. The highest BCUT2D eigenvalue weighted by Crippen LogP contribution is 2.25. The Morgan fingerprint density at radius 2 is 2.27 bits per heavy atom. The molecule has 0 spiro atoms. The number of halogens is 1. The van der Waals surface area contributed by atoms with Crippen molar-refractivity contribution in [1.82, 2.24) is 9.97 Å². The van der Waals surface area contributed by atoms with Gasteiger partial charge in [-0.15, -0.1) is 11.3 Å². The first kappa shape index (κ1) is 10.3. The summed E-state index contributed by atoms with van der Waals surface area (Å²) in [5.74, 6) is -1.01. The Hall–Kier alpha value is -1.27. The van der Waals surface area contributed by atoms with Crippen molar-refractivity contribution in [1.29, 1.82) is 0 Å². The number of nitrogens with zero attached hydrogens (tertiary/aromatic N) is 2. The van der Waals surface area contributed by atoms with Crippen LogP contribution in [0.3, 0.4) is 0 Å². The van der Waals surface area contributed by atoms with Crippen LogP contribution in [0.25, 0.3) is 10.7 Å². The average molecular weight is 285 g/mol. The fourth-order valence-corrected chi connectivity index (χ4v) is 2.09. The molecule has 0 fully saturated rings. The summed E-state index contributed by atoms with van der Waals surface area (Å²) < 4.78 is 0.639. The van der Waals surface area contributed by atoms with E-state index in [2.05, 4.69) is 25.9 Å². The van der Waals surface area contributed by atoms with Gasteiger partial charge in [0.2, 0.25) is 0 Å². The third kappa shape index (κ3) is 2.05. The van der Waals surface area contributed by atoms with E-state index in [-0.39, 0.29) is 5.56 Å². The van der Waals surface area contributed by atoms with E-state index in [0.29, 0.717) is 15.2 Å². The molecule has 0 aliphatic carbocycles. The van der Waals surface area contributed by atoms with E-state index >= 15 is 0 Å². The van der Waals surface area contributed by atoms with Crippen molar-refractivity contribution in [2.24, 2.45) is 0 Å². The van der Waals surface area contributed by atoms with Gasteiger partial charge in [0.05, 0.1) is 5.56 Å². The molecule has 0 aromatic carbocycles. The van der Waals surface area contributed by atoms with Gasteiger partial charge in [-0.1, -0.05) is 0 Å². The molecule has 2 rings (SSSR count). The maximum Gasteiger partial charge on any atom is 0.338 e. The summed E-state index contributed by atoms with van der Waals surface area (Å²) in [5, 5.41) is 11.4. The van der Waals surface area contributed by atoms with E-state index in [4.69, 9.17) is 5.11 Å². The molecular formula is C9H5BrN2O2S. The fourth-order valence-electron chi connectivity index (χ4n) is 1.11. The molecule has 0 unspecified atom stereocenters. The van der Waals surface area contributed by atoms with E-state index in [1.165, 1.54) is 17.4 Å². The van der Waals surface area contributed by atoms with Gasteiger partial charge in [0, 0.05) is 22.2 Å². The number of hydrogen-bond acceptors (Lipinski definition) is 4. The van der Waals surface area contributed by atoms with Crippen LogP contribution in [0.2, 0.25) is 0 Å². The summed E-state index contributed by atoms with van der Waals surface area (Å²) in [7, 11) is 0. The molecular weight excluding hydrogens is 280 g/mol.